The zero-order valence-corrected chi connectivity index (χ0v) is 13.1. The van der Waals surface area contributed by atoms with Crippen LogP contribution in [0, 0.1) is 5.92 Å². The predicted octanol–water partition coefficient (Wildman–Crippen LogP) is 2.55. The molecule has 1 aromatic rings. The average molecular weight is 317 g/mol. The first-order valence-electron chi connectivity index (χ1n) is 7.32. The fourth-order valence-electron chi connectivity index (χ4n) is 2.45. The summed E-state index contributed by atoms with van der Waals surface area (Å²) in [6.07, 6.45) is 6.37. The van der Waals surface area contributed by atoms with E-state index >= 15 is 0 Å². The van der Waals surface area contributed by atoms with Gasteiger partial charge in [-0.3, -0.25) is 4.79 Å². The largest absolute Gasteiger partial charge is 0.465 e. The summed E-state index contributed by atoms with van der Waals surface area (Å²) in [6, 6.07) is 4.33. The van der Waals surface area contributed by atoms with Crippen molar-refractivity contribution in [2.45, 2.75) is 19.3 Å². The molecule has 122 valence electrons. The SMILES string of the molecule is COC(=O)c1cc(NC(=O)[C@@H]2CC=CCC2)cc(C(=O)OC)c1. The van der Waals surface area contributed by atoms with E-state index in [-0.39, 0.29) is 23.0 Å². The number of carbonyl (C=O) groups excluding carboxylic acids is 3. The first-order valence-corrected chi connectivity index (χ1v) is 7.32. The molecule has 23 heavy (non-hydrogen) atoms. The highest BCUT2D eigenvalue weighted by atomic mass is 16.5. The van der Waals surface area contributed by atoms with Gasteiger partial charge < -0.3 is 14.8 Å². The summed E-state index contributed by atoms with van der Waals surface area (Å²) in [5, 5.41) is 2.76. The highest BCUT2D eigenvalue weighted by Crippen LogP contribution is 2.22. The van der Waals surface area contributed by atoms with Crippen molar-refractivity contribution < 1.29 is 23.9 Å². The highest BCUT2D eigenvalue weighted by molar-refractivity contribution is 6.00. The second kappa shape index (κ2) is 7.58. The van der Waals surface area contributed by atoms with Crippen molar-refractivity contribution in [1.82, 2.24) is 0 Å². The maximum absolute atomic E-state index is 12.3. The van der Waals surface area contributed by atoms with Gasteiger partial charge in [-0.2, -0.15) is 0 Å². The number of ether oxygens (including phenoxy) is 2. The first kappa shape index (κ1) is 16.7. The summed E-state index contributed by atoms with van der Waals surface area (Å²) in [4.78, 5) is 35.7. The molecule has 0 fully saturated rings. The predicted molar refractivity (Wildman–Crippen MR) is 84.2 cm³/mol. The number of rotatable bonds is 4. The van der Waals surface area contributed by atoms with E-state index < -0.39 is 11.9 Å². The molecule has 0 aliphatic heterocycles. The van der Waals surface area contributed by atoms with Crippen molar-refractivity contribution in [2.75, 3.05) is 19.5 Å². The highest BCUT2D eigenvalue weighted by Gasteiger charge is 2.20. The number of carbonyl (C=O) groups is 3. The van der Waals surface area contributed by atoms with Gasteiger partial charge in [0, 0.05) is 11.6 Å². The number of esters is 2. The van der Waals surface area contributed by atoms with E-state index in [0.717, 1.165) is 12.8 Å². The smallest absolute Gasteiger partial charge is 0.337 e. The van der Waals surface area contributed by atoms with Gasteiger partial charge in [0.15, 0.2) is 0 Å². The van der Waals surface area contributed by atoms with E-state index in [0.29, 0.717) is 12.1 Å². The van der Waals surface area contributed by atoms with Crippen molar-refractivity contribution in [1.29, 1.82) is 0 Å². The standard InChI is InChI=1S/C17H19NO5/c1-22-16(20)12-8-13(17(21)23-2)10-14(9-12)18-15(19)11-6-4-3-5-7-11/h3-4,8-11H,5-7H2,1-2H3,(H,18,19)/t11-/m1/s1. The second-order valence-electron chi connectivity index (χ2n) is 5.25. The van der Waals surface area contributed by atoms with Gasteiger partial charge in [0.25, 0.3) is 0 Å². The van der Waals surface area contributed by atoms with E-state index in [1.54, 1.807) is 0 Å². The van der Waals surface area contributed by atoms with Gasteiger partial charge in [0.05, 0.1) is 25.3 Å². The van der Waals surface area contributed by atoms with Crippen LogP contribution in [0.4, 0.5) is 5.69 Å². The monoisotopic (exact) mass is 317 g/mol. The Bertz CT molecular complexity index is 616. The van der Waals surface area contributed by atoms with Crippen LogP contribution < -0.4 is 5.32 Å². The van der Waals surface area contributed by atoms with Crippen LogP contribution in [-0.4, -0.2) is 32.1 Å². The number of amides is 1. The van der Waals surface area contributed by atoms with E-state index in [9.17, 15) is 14.4 Å². The third kappa shape index (κ3) is 4.18. The number of methoxy groups -OCH3 is 2. The minimum Gasteiger partial charge on any atom is -0.465 e. The van der Waals surface area contributed by atoms with Crippen molar-refractivity contribution >= 4 is 23.5 Å². The minimum absolute atomic E-state index is 0.108. The van der Waals surface area contributed by atoms with Crippen LogP contribution in [-0.2, 0) is 14.3 Å². The van der Waals surface area contributed by atoms with Crippen LogP contribution >= 0.6 is 0 Å². The molecule has 1 atom stereocenters. The van der Waals surface area contributed by atoms with Crippen LogP contribution in [0.25, 0.3) is 0 Å². The Kier molecular flexibility index (Phi) is 5.51. The molecule has 1 aromatic carbocycles. The van der Waals surface area contributed by atoms with Gasteiger partial charge in [-0.05, 0) is 37.5 Å². The Balaban J connectivity index is 2.25. The van der Waals surface area contributed by atoms with Crippen LogP contribution in [0.15, 0.2) is 30.4 Å². The Morgan fingerprint density at radius 3 is 2.09 bits per heavy atom. The second-order valence-corrected chi connectivity index (χ2v) is 5.25. The molecule has 6 nitrogen and oxygen atoms in total. The molecule has 1 aliphatic rings. The average Bonchev–Trinajstić information content (AvgIpc) is 2.60. The molecule has 0 radical (unpaired) electrons. The van der Waals surface area contributed by atoms with E-state index in [1.165, 1.54) is 32.4 Å². The molecule has 0 spiro atoms. The van der Waals surface area contributed by atoms with Gasteiger partial charge in [-0.25, -0.2) is 9.59 Å². The van der Waals surface area contributed by atoms with Crippen LogP contribution in [0.3, 0.4) is 0 Å². The van der Waals surface area contributed by atoms with Gasteiger partial charge in [-0.1, -0.05) is 12.2 Å². The molecule has 1 amide bonds. The molecule has 0 unspecified atom stereocenters. The van der Waals surface area contributed by atoms with E-state index in [4.69, 9.17) is 0 Å². The Hall–Kier alpha value is -2.63. The zero-order valence-electron chi connectivity index (χ0n) is 13.1. The van der Waals surface area contributed by atoms with Crippen LogP contribution in [0.1, 0.15) is 40.0 Å². The third-order valence-corrected chi connectivity index (χ3v) is 3.68. The van der Waals surface area contributed by atoms with Gasteiger partial charge in [0.2, 0.25) is 5.91 Å². The first-order chi connectivity index (χ1) is 11.0. The lowest BCUT2D eigenvalue weighted by molar-refractivity contribution is -0.120. The molecule has 6 heteroatoms. The number of hydrogen-bond donors (Lipinski definition) is 1. The van der Waals surface area contributed by atoms with Crippen molar-refractivity contribution in [2.24, 2.45) is 5.92 Å². The quantitative estimate of drug-likeness (QED) is 0.682. The maximum Gasteiger partial charge on any atom is 0.337 e. The van der Waals surface area contributed by atoms with Crippen LogP contribution in [0.5, 0.6) is 0 Å². The molecule has 0 heterocycles. The maximum atomic E-state index is 12.3. The van der Waals surface area contributed by atoms with Gasteiger partial charge >= 0.3 is 11.9 Å². The lowest BCUT2D eigenvalue weighted by Gasteiger charge is -2.17. The number of allylic oxidation sites excluding steroid dienone is 2. The third-order valence-electron chi connectivity index (χ3n) is 3.68. The Morgan fingerprint density at radius 1 is 1.00 bits per heavy atom. The molecule has 2 rings (SSSR count). The number of hydrogen-bond acceptors (Lipinski definition) is 5. The van der Waals surface area contributed by atoms with E-state index in [2.05, 4.69) is 20.9 Å². The molecule has 0 saturated heterocycles. The lowest BCUT2D eigenvalue weighted by Crippen LogP contribution is -2.24. The molecular weight excluding hydrogens is 298 g/mol. The van der Waals surface area contributed by atoms with Gasteiger partial charge in [0.1, 0.15) is 0 Å². The van der Waals surface area contributed by atoms with Gasteiger partial charge in [-0.15, -0.1) is 0 Å². The van der Waals surface area contributed by atoms with Crippen molar-refractivity contribution in [3.63, 3.8) is 0 Å². The molecule has 0 bridgehead atoms. The number of nitrogens with one attached hydrogen (secondary N) is 1. The summed E-state index contributed by atoms with van der Waals surface area (Å²) in [7, 11) is 2.50. The summed E-state index contributed by atoms with van der Waals surface area (Å²) in [5.74, 6) is -1.42. The molecule has 0 aromatic heterocycles. The summed E-state index contributed by atoms with van der Waals surface area (Å²) in [6.45, 7) is 0. The fourth-order valence-corrected chi connectivity index (χ4v) is 2.45. The molecule has 0 saturated carbocycles. The number of anilines is 1. The minimum atomic E-state index is -0.591. The van der Waals surface area contributed by atoms with Crippen LogP contribution in [0.2, 0.25) is 0 Å². The Morgan fingerprint density at radius 2 is 1.61 bits per heavy atom. The summed E-state index contributed by atoms with van der Waals surface area (Å²) in [5.41, 5.74) is 0.719. The normalized spacial score (nSPS) is 16.5. The fraction of sp³-hybridized carbons (Fsp3) is 0.353. The molecule has 1 aliphatic carbocycles. The van der Waals surface area contributed by atoms with Crippen molar-refractivity contribution in [3.8, 4) is 0 Å². The topological polar surface area (TPSA) is 81.7 Å². The zero-order chi connectivity index (χ0) is 16.8. The lowest BCUT2D eigenvalue weighted by atomic mass is 9.93. The van der Waals surface area contributed by atoms with Crippen molar-refractivity contribution in [3.05, 3.63) is 41.5 Å². The van der Waals surface area contributed by atoms with E-state index in [1.807, 2.05) is 6.08 Å². The Labute approximate surface area is 134 Å². The molecular formula is C17H19NO5. The summed E-state index contributed by atoms with van der Waals surface area (Å²) < 4.78 is 9.34. The molecule has 1 N–H and O–H groups in total. The number of benzene rings is 1. The summed E-state index contributed by atoms with van der Waals surface area (Å²) >= 11 is 0.